The first kappa shape index (κ1) is 21.3. The van der Waals surface area contributed by atoms with Crippen LogP contribution in [-0.2, 0) is 5.54 Å². The first-order chi connectivity index (χ1) is 14.2. The molecule has 2 amide bonds. The molecule has 0 atom stereocenters. The number of nitrogens with one attached hydrogen (secondary N) is 3. The van der Waals surface area contributed by atoms with E-state index in [1.807, 2.05) is 32.9 Å². The van der Waals surface area contributed by atoms with Gasteiger partial charge in [-0.1, -0.05) is 23.7 Å². The highest BCUT2D eigenvalue weighted by molar-refractivity contribution is 6.30. The van der Waals surface area contributed by atoms with E-state index >= 15 is 0 Å². The number of carbonyl (C=O) groups excluding carboxylic acids is 1. The molecule has 2 heterocycles. The zero-order valence-corrected chi connectivity index (χ0v) is 17.7. The number of hydrogen-bond donors (Lipinski definition) is 4. The average molecular weight is 423 g/mol. The summed E-state index contributed by atoms with van der Waals surface area (Å²) in [5.41, 5.74) is 8.98. The normalized spacial score (nSPS) is 11.1. The standard InChI is InChI=1S/C22H23ClN6O/c1-13-10-14(8-9-26-13)20(25)17-12-27-19(11-18(17)24)28-21(30)29-22(2,3)15-4-6-16(23)7-5-15/h4-12,25H,1-3H3,(H4,24,27,28,29,30). The van der Waals surface area contributed by atoms with Crippen molar-refractivity contribution in [3.63, 3.8) is 0 Å². The summed E-state index contributed by atoms with van der Waals surface area (Å²) in [6.45, 7) is 5.63. The maximum Gasteiger partial charge on any atom is 0.321 e. The molecule has 3 rings (SSSR count). The molecule has 0 aliphatic heterocycles. The Morgan fingerprint density at radius 3 is 2.47 bits per heavy atom. The van der Waals surface area contributed by atoms with Gasteiger partial charge in [0.25, 0.3) is 0 Å². The Morgan fingerprint density at radius 1 is 1.13 bits per heavy atom. The van der Waals surface area contributed by atoms with Gasteiger partial charge < -0.3 is 11.1 Å². The van der Waals surface area contributed by atoms with Crippen molar-refractivity contribution >= 4 is 34.8 Å². The molecule has 2 aromatic heterocycles. The second-order valence-electron chi connectivity index (χ2n) is 7.43. The van der Waals surface area contributed by atoms with Crippen LogP contribution in [0.1, 0.15) is 36.2 Å². The second-order valence-corrected chi connectivity index (χ2v) is 7.87. The molecule has 0 aliphatic carbocycles. The van der Waals surface area contributed by atoms with Crippen molar-refractivity contribution in [3.8, 4) is 0 Å². The molecular formula is C22H23ClN6O. The van der Waals surface area contributed by atoms with Crippen molar-refractivity contribution in [1.29, 1.82) is 5.41 Å². The predicted octanol–water partition coefficient (Wildman–Crippen LogP) is 4.49. The summed E-state index contributed by atoms with van der Waals surface area (Å²) in [7, 11) is 0. The first-order valence-corrected chi connectivity index (χ1v) is 9.66. The highest BCUT2D eigenvalue weighted by Crippen LogP contribution is 2.23. The molecule has 0 bridgehead atoms. The molecule has 3 aromatic rings. The Labute approximate surface area is 180 Å². The molecular weight excluding hydrogens is 400 g/mol. The minimum atomic E-state index is -0.624. The maximum absolute atomic E-state index is 12.5. The lowest BCUT2D eigenvalue weighted by molar-refractivity contribution is 0.242. The number of carbonyl (C=O) groups is 1. The molecule has 0 radical (unpaired) electrons. The largest absolute Gasteiger partial charge is 0.398 e. The monoisotopic (exact) mass is 422 g/mol. The number of amides is 2. The van der Waals surface area contributed by atoms with Crippen molar-refractivity contribution in [2.75, 3.05) is 11.1 Å². The molecule has 5 N–H and O–H groups in total. The number of urea groups is 1. The van der Waals surface area contributed by atoms with Gasteiger partial charge >= 0.3 is 6.03 Å². The quantitative estimate of drug-likeness (QED) is 0.453. The Morgan fingerprint density at radius 2 is 1.83 bits per heavy atom. The Bertz CT molecular complexity index is 1100. The summed E-state index contributed by atoms with van der Waals surface area (Å²) in [4.78, 5) is 20.9. The summed E-state index contributed by atoms with van der Waals surface area (Å²) < 4.78 is 0. The van der Waals surface area contributed by atoms with Crippen molar-refractivity contribution < 1.29 is 4.79 Å². The fourth-order valence-corrected chi connectivity index (χ4v) is 3.10. The number of rotatable bonds is 5. The van der Waals surface area contributed by atoms with Gasteiger partial charge in [-0.25, -0.2) is 9.78 Å². The van der Waals surface area contributed by atoms with E-state index in [-0.39, 0.29) is 5.71 Å². The van der Waals surface area contributed by atoms with Crippen LogP contribution in [-0.4, -0.2) is 21.7 Å². The zero-order valence-electron chi connectivity index (χ0n) is 17.0. The maximum atomic E-state index is 12.5. The summed E-state index contributed by atoms with van der Waals surface area (Å²) in [6.07, 6.45) is 3.12. The van der Waals surface area contributed by atoms with Crippen LogP contribution < -0.4 is 16.4 Å². The third-order valence-corrected chi connectivity index (χ3v) is 4.88. The lowest BCUT2D eigenvalue weighted by Gasteiger charge is -2.27. The van der Waals surface area contributed by atoms with E-state index in [9.17, 15) is 4.79 Å². The van der Waals surface area contributed by atoms with Gasteiger partial charge in [0.2, 0.25) is 0 Å². The van der Waals surface area contributed by atoms with Crippen LogP contribution in [0.15, 0.2) is 54.9 Å². The van der Waals surface area contributed by atoms with Crippen LogP contribution in [0.3, 0.4) is 0 Å². The number of nitrogen functional groups attached to an aromatic ring is 1. The number of anilines is 2. The Kier molecular flexibility index (Phi) is 6.03. The number of nitrogens with two attached hydrogens (primary N) is 1. The van der Waals surface area contributed by atoms with Gasteiger partial charge in [-0.3, -0.25) is 15.7 Å². The third-order valence-electron chi connectivity index (χ3n) is 4.62. The fourth-order valence-electron chi connectivity index (χ4n) is 2.97. The summed E-state index contributed by atoms with van der Waals surface area (Å²) in [5, 5.41) is 14.6. The third kappa shape index (κ3) is 4.93. The first-order valence-electron chi connectivity index (χ1n) is 9.28. The van der Waals surface area contributed by atoms with Crippen molar-refractivity contribution in [3.05, 3.63) is 82.3 Å². The molecule has 0 saturated carbocycles. The van der Waals surface area contributed by atoms with Crippen LogP contribution in [0.5, 0.6) is 0 Å². The van der Waals surface area contributed by atoms with Crippen LogP contribution in [0, 0.1) is 12.3 Å². The minimum Gasteiger partial charge on any atom is -0.398 e. The molecule has 1 aromatic carbocycles. The number of nitrogens with zero attached hydrogens (tertiary/aromatic N) is 2. The highest BCUT2D eigenvalue weighted by Gasteiger charge is 2.23. The van der Waals surface area contributed by atoms with Crippen LogP contribution in [0.4, 0.5) is 16.3 Å². The van der Waals surface area contributed by atoms with Gasteiger partial charge in [-0.2, -0.15) is 0 Å². The van der Waals surface area contributed by atoms with E-state index in [1.165, 1.54) is 12.3 Å². The number of pyridine rings is 2. The van der Waals surface area contributed by atoms with Gasteiger partial charge in [-0.15, -0.1) is 0 Å². The van der Waals surface area contributed by atoms with E-state index in [0.29, 0.717) is 27.7 Å². The molecule has 154 valence electrons. The molecule has 0 spiro atoms. The molecule has 0 fully saturated rings. The summed E-state index contributed by atoms with van der Waals surface area (Å²) >= 11 is 5.93. The van der Waals surface area contributed by atoms with E-state index in [0.717, 1.165) is 11.3 Å². The van der Waals surface area contributed by atoms with E-state index < -0.39 is 11.6 Å². The second kappa shape index (κ2) is 8.51. The van der Waals surface area contributed by atoms with Crippen molar-refractivity contribution in [1.82, 2.24) is 15.3 Å². The Hall–Kier alpha value is -3.45. The van der Waals surface area contributed by atoms with E-state index in [1.54, 1.807) is 30.5 Å². The molecule has 8 heteroatoms. The molecule has 0 aliphatic rings. The summed E-state index contributed by atoms with van der Waals surface area (Å²) in [5.74, 6) is 0.291. The fraction of sp³-hybridized carbons (Fsp3) is 0.182. The lowest BCUT2D eigenvalue weighted by atomic mass is 9.94. The molecule has 0 unspecified atom stereocenters. The molecule has 0 saturated heterocycles. The van der Waals surface area contributed by atoms with E-state index in [2.05, 4.69) is 20.6 Å². The Balaban J connectivity index is 1.71. The van der Waals surface area contributed by atoms with Crippen LogP contribution in [0.2, 0.25) is 5.02 Å². The minimum absolute atomic E-state index is 0.241. The van der Waals surface area contributed by atoms with Crippen LogP contribution >= 0.6 is 11.6 Å². The van der Waals surface area contributed by atoms with Gasteiger partial charge in [-0.05, 0) is 50.6 Å². The zero-order chi connectivity index (χ0) is 21.9. The van der Waals surface area contributed by atoms with Crippen LogP contribution in [0.25, 0.3) is 0 Å². The molecule has 7 nitrogen and oxygen atoms in total. The number of hydrogen-bond acceptors (Lipinski definition) is 5. The van der Waals surface area contributed by atoms with Gasteiger partial charge in [0.1, 0.15) is 5.82 Å². The van der Waals surface area contributed by atoms with Crippen molar-refractivity contribution in [2.24, 2.45) is 0 Å². The van der Waals surface area contributed by atoms with Crippen molar-refractivity contribution in [2.45, 2.75) is 26.3 Å². The van der Waals surface area contributed by atoms with E-state index in [4.69, 9.17) is 22.7 Å². The number of aryl methyl sites for hydroxylation is 1. The number of aromatic nitrogens is 2. The van der Waals surface area contributed by atoms with Gasteiger partial charge in [0, 0.05) is 46.0 Å². The topological polar surface area (TPSA) is 117 Å². The SMILES string of the molecule is Cc1cc(C(=N)c2cnc(NC(=O)NC(C)(C)c3ccc(Cl)cc3)cc2N)ccn1. The summed E-state index contributed by atoms with van der Waals surface area (Å²) in [6, 6.07) is 11.9. The highest BCUT2D eigenvalue weighted by atomic mass is 35.5. The average Bonchev–Trinajstić information content (AvgIpc) is 2.67. The molecule has 30 heavy (non-hydrogen) atoms. The number of benzene rings is 1. The lowest BCUT2D eigenvalue weighted by Crippen LogP contribution is -2.43. The van der Waals surface area contributed by atoms with Gasteiger partial charge in [0.15, 0.2) is 0 Å². The van der Waals surface area contributed by atoms with Gasteiger partial charge in [0.05, 0.1) is 11.3 Å². The smallest absolute Gasteiger partial charge is 0.321 e. The number of halogens is 1. The predicted molar refractivity (Wildman–Crippen MR) is 120 cm³/mol.